The van der Waals surface area contributed by atoms with Gasteiger partial charge < -0.3 is 9.47 Å². The lowest BCUT2D eigenvalue weighted by Gasteiger charge is -2.14. The van der Waals surface area contributed by atoms with Crippen LogP contribution in [0.15, 0.2) is 42.5 Å². The number of hydrogen-bond donors (Lipinski definition) is 0. The van der Waals surface area contributed by atoms with Gasteiger partial charge >= 0.3 is 5.97 Å². The summed E-state index contributed by atoms with van der Waals surface area (Å²) in [7, 11) is 1.51. The zero-order valence-electron chi connectivity index (χ0n) is 9.60. The fourth-order valence-corrected chi connectivity index (χ4v) is 1.27. The van der Waals surface area contributed by atoms with Crippen molar-refractivity contribution in [3.63, 3.8) is 0 Å². The maximum absolute atomic E-state index is 11.5. The molecule has 0 spiro atoms. The smallest absolute Gasteiger partial charge is 0.336 e. The van der Waals surface area contributed by atoms with Crippen LogP contribution >= 0.6 is 0 Å². The summed E-state index contributed by atoms with van der Waals surface area (Å²) in [5.41, 5.74) is 1.28. The molecule has 1 unspecified atom stereocenters. The quantitative estimate of drug-likeness (QED) is 0.565. The van der Waals surface area contributed by atoms with Crippen molar-refractivity contribution in [1.29, 1.82) is 0 Å². The Bertz CT molecular complexity index is 357. The number of methoxy groups -OCH3 is 1. The van der Waals surface area contributed by atoms with Crippen molar-refractivity contribution in [1.82, 2.24) is 0 Å². The van der Waals surface area contributed by atoms with Gasteiger partial charge in [0, 0.05) is 7.11 Å². The van der Waals surface area contributed by atoms with E-state index in [0.29, 0.717) is 5.57 Å². The predicted octanol–water partition coefficient (Wildman–Crippen LogP) is 2.49. The predicted molar refractivity (Wildman–Crippen MR) is 62.0 cm³/mol. The summed E-state index contributed by atoms with van der Waals surface area (Å²) in [4.78, 5) is 11.5. The van der Waals surface area contributed by atoms with E-state index in [1.54, 1.807) is 0 Å². The molecule has 1 aromatic carbocycles. The maximum atomic E-state index is 11.5. The first-order chi connectivity index (χ1) is 7.65. The van der Waals surface area contributed by atoms with Gasteiger partial charge in [-0.2, -0.15) is 0 Å². The number of ether oxygens (including phenoxy) is 2. The molecule has 16 heavy (non-hydrogen) atoms. The Labute approximate surface area is 95.7 Å². The van der Waals surface area contributed by atoms with E-state index >= 15 is 0 Å². The molecule has 0 radical (unpaired) electrons. The number of esters is 1. The van der Waals surface area contributed by atoms with Crippen LogP contribution in [0.3, 0.4) is 0 Å². The molecule has 1 aromatic rings. The second kappa shape index (κ2) is 6.08. The molecule has 1 atom stereocenters. The lowest BCUT2D eigenvalue weighted by atomic mass is 10.1. The summed E-state index contributed by atoms with van der Waals surface area (Å²) in [5, 5.41) is 0. The number of carbonyl (C=O) groups is 1. The van der Waals surface area contributed by atoms with E-state index in [1.807, 2.05) is 37.3 Å². The van der Waals surface area contributed by atoms with Crippen LogP contribution in [0.1, 0.15) is 18.6 Å². The molecular formula is C13H16O3. The molecule has 0 N–H and O–H groups in total. The van der Waals surface area contributed by atoms with E-state index < -0.39 is 5.97 Å². The van der Waals surface area contributed by atoms with Gasteiger partial charge in [-0.15, -0.1) is 0 Å². The molecule has 0 aliphatic heterocycles. The van der Waals surface area contributed by atoms with Crippen LogP contribution in [-0.2, 0) is 14.3 Å². The topological polar surface area (TPSA) is 35.5 Å². The molecule has 0 amide bonds. The third-order valence-electron chi connectivity index (χ3n) is 2.16. The highest BCUT2D eigenvalue weighted by Crippen LogP contribution is 2.17. The molecule has 0 aromatic heterocycles. The van der Waals surface area contributed by atoms with E-state index in [-0.39, 0.29) is 12.7 Å². The highest BCUT2D eigenvalue weighted by Gasteiger charge is 2.13. The molecule has 0 heterocycles. The van der Waals surface area contributed by atoms with E-state index in [0.717, 1.165) is 5.56 Å². The molecule has 0 saturated carbocycles. The van der Waals surface area contributed by atoms with Crippen molar-refractivity contribution < 1.29 is 14.3 Å². The van der Waals surface area contributed by atoms with Crippen molar-refractivity contribution in [3.8, 4) is 0 Å². The van der Waals surface area contributed by atoms with E-state index in [9.17, 15) is 4.79 Å². The molecule has 0 fully saturated rings. The highest BCUT2D eigenvalue weighted by molar-refractivity contribution is 5.88. The van der Waals surface area contributed by atoms with E-state index in [2.05, 4.69) is 6.58 Å². The number of hydrogen-bond acceptors (Lipinski definition) is 3. The van der Waals surface area contributed by atoms with Crippen molar-refractivity contribution in [2.24, 2.45) is 0 Å². The van der Waals surface area contributed by atoms with Gasteiger partial charge in [-0.05, 0) is 12.5 Å². The number of rotatable bonds is 5. The van der Waals surface area contributed by atoms with Gasteiger partial charge in [-0.3, -0.25) is 0 Å². The van der Waals surface area contributed by atoms with Crippen molar-refractivity contribution in [2.45, 2.75) is 13.0 Å². The molecule has 0 aliphatic rings. The molecule has 0 aliphatic carbocycles. The second-order valence-corrected chi connectivity index (χ2v) is 3.49. The minimum absolute atomic E-state index is 0.195. The molecule has 3 nitrogen and oxygen atoms in total. The highest BCUT2D eigenvalue weighted by atomic mass is 16.5. The standard InChI is InChI=1S/C13H16O3/c1-10(9-15-3)13(14)16-11(2)12-7-5-4-6-8-12/h4-8,11H,1,9H2,2-3H3. The Balaban J connectivity index is 2.55. The summed E-state index contributed by atoms with van der Waals surface area (Å²) in [5.74, 6) is -0.418. The van der Waals surface area contributed by atoms with Gasteiger partial charge in [-0.25, -0.2) is 4.79 Å². The average Bonchev–Trinajstić information content (AvgIpc) is 2.30. The third-order valence-corrected chi connectivity index (χ3v) is 2.16. The molecule has 0 saturated heterocycles. The maximum Gasteiger partial charge on any atom is 0.336 e. The van der Waals surface area contributed by atoms with Gasteiger partial charge in [0.05, 0.1) is 12.2 Å². The summed E-state index contributed by atoms with van der Waals surface area (Å²) < 4.78 is 10.0. The fourth-order valence-electron chi connectivity index (χ4n) is 1.27. The van der Waals surface area contributed by atoms with Crippen LogP contribution in [0.2, 0.25) is 0 Å². The molecular weight excluding hydrogens is 204 g/mol. The lowest BCUT2D eigenvalue weighted by molar-refractivity contribution is -0.144. The fraction of sp³-hybridized carbons (Fsp3) is 0.308. The monoisotopic (exact) mass is 220 g/mol. The van der Waals surface area contributed by atoms with Gasteiger partial charge in [0.2, 0.25) is 0 Å². The molecule has 86 valence electrons. The van der Waals surface area contributed by atoms with Crippen LogP contribution < -0.4 is 0 Å². The van der Waals surface area contributed by atoms with Gasteiger partial charge in [0.15, 0.2) is 0 Å². The van der Waals surface area contributed by atoms with Gasteiger partial charge in [0.25, 0.3) is 0 Å². The zero-order valence-corrected chi connectivity index (χ0v) is 9.60. The normalized spacial score (nSPS) is 11.9. The van der Waals surface area contributed by atoms with Crippen molar-refractivity contribution in [2.75, 3.05) is 13.7 Å². The first kappa shape index (κ1) is 12.5. The minimum atomic E-state index is -0.418. The van der Waals surface area contributed by atoms with E-state index in [1.165, 1.54) is 7.11 Å². The van der Waals surface area contributed by atoms with Crippen LogP contribution in [0.5, 0.6) is 0 Å². The van der Waals surface area contributed by atoms with Crippen molar-refractivity contribution >= 4 is 5.97 Å². The molecule has 0 bridgehead atoms. The van der Waals surface area contributed by atoms with Crippen LogP contribution in [0.25, 0.3) is 0 Å². The first-order valence-corrected chi connectivity index (χ1v) is 5.07. The Hall–Kier alpha value is -1.61. The summed E-state index contributed by atoms with van der Waals surface area (Å²) in [6.45, 7) is 5.61. The minimum Gasteiger partial charge on any atom is -0.454 e. The Morgan fingerprint density at radius 3 is 2.56 bits per heavy atom. The number of benzene rings is 1. The third kappa shape index (κ3) is 3.51. The zero-order chi connectivity index (χ0) is 12.0. The Kier molecular flexibility index (Phi) is 4.73. The molecule has 1 rings (SSSR count). The first-order valence-electron chi connectivity index (χ1n) is 5.07. The summed E-state index contributed by atoms with van der Waals surface area (Å²) in [6.07, 6.45) is -0.276. The largest absolute Gasteiger partial charge is 0.454 e. The van der Waals surface area contributed by atoms with Gasteiger partial charge in [0.1, 0.15) is 6.10 Å². The Morgan fingerprint density at radius 1 is 1.38 bits per heavy atom. The van der Waals surface area contributed by atoms with Crippen LogP contribution in [0, 0.1) is 0 Å². The van der Waals surface area contributed by atoms with Crippen LogP contribution in [-0.4, -0.2) is 19.7 Å². The van der Waals surface area contributed by atoms with E-state index in [4.69, 9.17) is 9.47 Å². The summed E-state index contributed by atoms with van der Waals surface area (Å²) >= 11 is 0. The SMILES string of the molecule is C=C(COC)C(=O)OC(C)c1ccccc1. The average molecular weight is 220 g/mol. The van der Waals surface area contributed by atoms with Crippen molar-refractivity contribution in [3.05, 3.63) is 48.0 Å². The molecule has 3 heteroatoms. The second-order valence-electron chi connectivity index (χ2n) is 3.49. The van der Waals surface area contributed by atoms with Crippen LogP contribution in [0.4, 0.5) is 0 Å². The summed E-state index contributed by atoms with van der Waals surface area (Å²) in [6, 6.07) is 9.56. The lowest BCUT2D eigenvalue weighted by Crippen LogP contribution is -2.13. The Morgan fingerprint density at radius 2 is 2.00 bits per heavy atom. The van der Waals surface area contributed by atoms with Gasteiger partial charge in [-0.1, -0.05) is 36.9 Å². The number of carbonyl (C=O) groups excluding carboxylic acids is 1.